The monoisotopic (exact) mass is 356 g/mol. The van der Waals surface area contributed by atoms with Gasteiger partial charge in [0.1, 0.15) is 34.6 Å². The van der Waals surface area contributed by atoms with Crippen molar-refractivity contribution >= 4 is 17.8 Å². The maximum Gasteiger partial charge on any atom is 0.275 e. The molecular weight excluding hydrogens is 339 g/mol. The van der Waals surface area contributed by atoms with E-state index in [-0.39, 0.29) is 5.70 Å². The number of methoxy groups -OCH3 is 3. The molecular formula is C19H17FN2O4. The number of amides is 1. The second-order valence-electron chi connectivity index (χ2n) is 5.43. The maximum atomic E-state index is 13.5. The quantitative estimate of drug-likeness (QED) is 0.837. The molecule has 1 aliphatic rings. The number of carbonyl (C=O) groups excluding carboxylic acids is 1. The lowest BCUT2D eigenvalue weighted by molar-refractivity contribution is -0.115. The smallest absolute Gasteiger partial charge is 0.275 e. The van der Waals surface area contributed by atoms with Crippen LogP contribution in [0.5, 0.6) is 17.2 Å². The molecule has 0 fully saturated rings. The minimum absolute atomic E-state index is 0.144. The fraction of sp³-hybridized carbons (Fsp3) is 0.158. The maximum absolute atomic E-state index is 13.5. The molecule has 1 aliphatic heterocycles. The van der Waals surface area contributed by atoms with Crippen LogP contribution < -0.4 is 19.5 Å². The van der Waals surface area contributed by atoms with Crippen LogP contribution in [-0.2, 0) is 4.79 Å². The molecule has 1 amide bonds. The molecule has 2 aromatic rings. The summed E-state index contributed by atoms with van der Waals surface area (Å²) in [5.41, 5.74) is 1.20. The molecule has 0 atom stereocenters. The molecule has 2 aromatic carbocycles. The minimum atomic E-state index is -0.433. The molecule has 0 aromatic heterocycles. The number of aliphatic imine (C=N–C) groups is 1. The third-order valence-electron chi connectivity index (χ3n) is 3.81. The third kappa shape index (κ3) is 3.51. The van der Waals surface area contributed by atoms with Crippen LogP contribution in [-0.4, -0.2) is 33.1 Å². The van der Waals surface area contributed by atoms with Gasteiger partial charge in [-0.3, -0.25) is 4.79 Å². The lowest BCUT2D eigenvalue weighted by Gasteiger charge is -2.08. The first kappa shape index (κ1) is 17.5. The number of halogens is 1. The van der Waals surface area contributed by atoms with Gasteiger partial charge in [0.25, 0.3) is 5.91 Å². The summed E-state index contributed by atoms with van der Waals surface area (Å²) in [6.07, 6.45) is 1.47. The van der Waals surface area contributed by atoms with Crippen LogP contribution in [0.15, 0.2) is 47.1 Å². The van der Waals surface area contributed by atoms with Crippen molar-refractivity contribution in [2.24, 2.45) is 4.99 Å². The summed E-state index contributed by atoms with van der Waals surface area (Å²) < 4.78 is 29.2. The number of amidine groups is 1. The van der Waals surface area contributed by atoms with Crippen LogP contribution in [0.1, 0.15) is 11.1 Å². The van der Waals surface area contributed by atoms with E-state index in [9.17, 15) is 9.18 Å². The van der Waals surface area contributed by atoms with Gasteiger partial charge < -0.3 is 19.5 Å². The van der Waals surface area contributed by atoms with Gasteiger partial charge in [0.15, 0.2) is 0 Å². The SMILES string of the molecule is COc1cc(OC)cc(C2=N/C(=C/c3cc(F)ccc3OC)C(=O)N2)c1. The van der Waals surface area contributed by atoms with Crippen LogP contribution in [0.2, 0.25) is 0 Å². The highest BCUT2D eigenvalue weighted by Gasteiger charge is 2.22. The number of carbonyl (C=O) groups is 1. The third-order valence-corrected chi connectivity index (χ3v) is 3.81. The normalized spacial score (nSPS) is 14.8. The molecule has 0 unspecified atom stereocenters. The Bertz CT molecular complexity index is 900. The molecule has 0 saturated carbocycles. The Balaban J connectivity index is 2.01. The fourth-order valence-electron chi connectivity index (χ4n) is 2.51. The van der Waals surface area contributed by atoms with Crippen LogP contribution in [0.4, 0.5) is 4.39 Å². The van der Waals surface area contributed by atoms with Gasteiger partial charge in [-0.25, -0.2) is 9.38 Å². The molecule has 1 N–H and O–H groups in total. The molecule has 26 heavy (non-hydrogen) atoms. The Morgan fingerprint density at radius 2 is 1.69 bits per heavy atom. The summed E-state index contributed by atoms with van der Waals surface area (Å²) in [4.78, 5) is 16.6. The number of hydrogen-bond acceptors (Lipinski definition) is 5. The molecule has 3 rings (SSSR count). The van der Waals surface area contributed by atoms with Crippen molar-refractivity contribution < 1.29 is 23.4 Å². The summed E-state index contributed by atoms with van der Waals surface area (Å²) in [5.74, 6) is 1.11. The summed E-state index contributed by atoms with van der Waals surface area (Å²) in [6.45, 7) is 0. The predicted molar refractivity (Wildman–Crippen MR) is 95.2 cm³/mol. The fourth-order valence-corrected chi connectivity index (χ4v) is 2.51. The van der Waals surface area contributed by atoms with E-state index in [4.69, 9.17) is 14.2 Å². The number of rotatable bonds is 5. The zero-order valence-electron chi connectivity index (χ0n) is 14.5. The molecule has 6 nitrogen and oxygen atoms in total. The summed E-state index contributed by atoms with van der Waals surface area (Å²) >= 11 is 0. The zero-order valence-corrected chi connectivity index (χ0v) is 14.5. The van der Waals surface area contributed by atoms with Crippen LogP contribution >= 0.6 is 0 Å². The van der Waals surface area contributed by atoms with Gasteiger partial charge in [-0.15, -0.1) is 0 Å². The van der Waals surface area contributed by atoms with Gasteiger partial charge >= 0.3 is 0 Å². The Morgan fingerprint density at radius 1 is 1.00 bits per heavy atom. The van der Waals surface area contributed by atoms with Crippen molar-refractivity contribution in [3.8, 4) is 17.2 Å². The first-order valence-corrected chi connectivity index (χ1v) is 7.72. The standard InChI is InChI=1S/C19H17FN2O4/c1-24-14-7-12(8-15(10-14)25-2)18-21-16(19(23)22-18)9-11-6-13(20)4-5-17(11)26-3/h4-10H,1-3H3,(H,21,22,23)/b16-9+. The van der Waals surface area contributed by atoms with Crippen molar-refractivity contribution in [3.63, 3.8) is 0 Å². The highest BCUT2D eigenvalue weighted by Crippen LogP contribution is 2.26. The predicted octanol–water partition coefficient (Wildman–Crippen LogP) is 2.77. The van der Waals surface area contributed by atoms with E-state index in [2.05, 4.69) is 10.3 Å². The lowest BCUT2D eigenvalue weighted by Crippen LogP contribution is -2.24. The van der Waals surface area contributed by atoms with Gasteiger partial charge in [0.2, 0.25) is 0 Å². The summed E-state index contributed by atoms with van der Waals surface area (Å²) in [5, 5.41) is 2.69. The highest BCUT2D eigenvalue weighted by atomic mass is 19.1. The largest absolute Gasteiger partial charge is 0.497 e. The summed E-state index contributed by atoms with van der Waals surface area (Å²) in [6, 6.07) is 9.23. The van der Waals surface area contributed by atoms with Gasteiger partial charge in [-0.05, 0) is 36.4 Å². The Hall–Kier alpha value is -3.35. The highest BCUT2D eigenvalue weighted by molar-refractivity contribution is 6.20. The molecule has 7 heteroatoms. The molecule has 1 heterocycles. The van der Waals surface area contributed by atoms with E-state index >= 15 is 0 Å². The Kier molecular flexibility index (Phi) is 4.88. The average Bonchev–Trinajstić information content (AvgIpc) is 3.02. The van der Waals surface area contributed by atoms with Crippen LogP contribution in [0, 0.1) is 5.82 Å². The second-order valence-corrected chi connectivity index (χ2v) is 5.43. The first-order valence-electron chi connectivity index (χ1n) is 7.72. The number of nitrogens with one attached hydrogen (secondary N) is 1. The molecule has 0 radical (unpaired) electrons. The Labute approximate surface area is 149 Å². The van der Waals surface area contributed by atoms with Crippen molar-refractivity contribution in [1.82, 2.24) is 5.32 Å². The minimum Gasteiger partial charge on any atom is -0.497 e. The topological polar surface area (TPSA) is 69.1 Å². The van der Waals surface area contributed by atoms with E-state index in [1.807, 2.05) is 0 Å². The molecule has 0 saturated heterocycles. The number of benzene rings is 2. The Morgan fingerprint density at radius 3 is 2.31 bits per heavy atom. The van der Waals surface area contributed by atoms with Gasteiger partial charge in [-0.1, -0.05) is 0 Å². The average molecular weight is 356 g/mol. The van der Waals surface area contributed by atoms with Crippen LogP contribution in [0.25, 0.3) is 6.08 Å². The van der Waals surface area contributed by atoms with Gasteiger partial charge in [0.05, 0.1) is 21.3 Å². The van der Waals surface area contributed by atoms with E-state index < -0.39 is 11.7 Å². The zero-order chi connectivity index (χ0) is 18.7. The van der Waals surface area contributed by atoms with Crippen molar-refractivity contribution in [1.29, 1.82) is 0 Å². The van der Waals surface area contributed by atoms with E-state index in [0.717, 1.165) is 0 Å². The number of nitrogens with zero attached hydrogens (tertiary/aromatic N) is 1. The summed E-state index contributed by atoms with van der Waals surface area (Å²) in [7, 11) is 4.55. The number of ether oxygens (including phenoxy) is 3. The molecule has 0 bridgehead atoms. The van der Waals surface area contributed by atoms with Crippen molar-refractivity contribution in [3.05, 3.63) is 59.0 Å². The van der Waals surface area contributed by atoms with Crippen LogP contribution in [0.3, 0.4) is 0 Å². The van der Waals surface area contributed by atoms with Gasteiger partial charge in [-0.2, -0.15) is 0 Å². The first-order chi connectivity index (χ1) is 12.5. The lowest BCUT2D eigenvalue weighted by atomic mass is 10.1. The van der Waals surface area contributed by atoms with Gasteiger partial charge in [0, 0.05) is 17.2 Å². The van der Waals surface area contributed by atoms with Crippen molar-refractivity contribution in [2.75, 3.05) is 21.3 Å². The molecule has 0 spiro atoms. The van der Waals surface area contributed by atoms with E-state index in [0.29, 0.717) is 34.2 Å². The number of hydrogen-bond donors (Lipinski definition) is 1. The van der Waals surface area contributed by atoms with E-state index in [1.165, 1.54) is 45.6 Å². The van der Waals surface area contributed by atoms with E-state index in [1.54, 1.807) is 18.2 Å². The molecule has 0 aliphatic carbocycles. The van der Waals surface area contributed by atoms with Crippen molar-refractivity contribution in [2.45, 2.75) is 0 Å². The molecule has 134 valence electrons. The second kappa shape index (κ2) is 7.26.